The third kappa shape index (κ3) is 4.28. The van der Waals surface area contributed by atoms with E-state index in [9.17, 15) is 9.18 Å². The summed E-state index contributed by atoms with van der Waals surface area (Å²) in [5.74, 6) is -0.608. The Morgan fingerprint density at radius 3 is 2.75 bits per heavy atom. The maximum absolute atomic E-state index is 13.0. The second-order valence-corrected chi connectivity index (χ2v) is 4.71. The van der Waals surface area contributed by atoms with Crippen LogP contribution in [0.2, 0.25) is 0 Å². The highest BCUT2D eigenvalue weighted by Crippen LogP contribution is 2.14. The van der Waals surface area contributed by atoms with Crippen molar-refractivity contribution in [1.29, 1.82) is 0 Å². The number of carbonyl (C=O) groups is 1. The van der Waals surface area contributed by atoms with E-state index in [1.165, 1.54) is 12.1 Å². The van der Waals surface area contributed by atoms with Gasteiger partial charge in [0, 0.05) is 10.0 Å². The lowest BCUT2D eigenvalue weighted by Gasteiger charge is -2.08. The summed E-state index contributed by atoms with van der Waals surface area (Å²) in [6.45, 7) is 4.35. The first kappa shape index (κ1) is 13.1. The number of amides is 1. The van der Waals surface area contributed by atoms with Crippen LogP contribution in [0.25, 0.3) is 0 Å². The van der Waals surface area contributed by atoms with Gasteiger partial charge in [0.15, 0.2) is 0 Å². The van der Waals surface area contributed by atoms with Crippen molar-refractivity contribution in [2.75, 3.05) is 6.61 Å². The Hall–Kier alpha value is -0.940. The van der Waals surface area contributed by atoms with Crippen molar-refractivity contribution in [3.05, 3.63) is 34.1 Å². The van der Waals surface area contributed by atoms with Crippen LogP contribution in [-0.2, 0) is 4.84 Å². The third-order valence-electron chi connectivity index (χ3n) is 1.71. The van der Waals surface area contributed by atoms with Crippen LogP contribution in [0.4, 0.5) is 4.39 Å². The number of nitrogens with one attached hydrogen (secondary N) is 1. The molecule has 1 rings (SSSR count). The van der Waals surface area contributed by atoms with Crippen LogP contribution in [0.1, 0.15) is 24.2 Å². The molecule has 0 aliphatic rings. The number of rotatable bonds is 4. The number of carbonyl (C=O) groups excluding carboxylic acids is 1. The normalized spacial score (nSPS) is 10.6. The molecule has 0 spiro atoms. The van der Waals surface area contributed by atoms with E-state index in [0.717, 1.165) is 6.07 Å². The van der Waals surface area contributed by atoms with Crippen LogP contribution in [0.5, 0.6) is 0 Å². The lowest BCUT2D eigenvalue weighted by Crippen LogP contribution is -2.25. The molecule has 3 nitrogen and oxygen atoms in total. The molecule has 0 saturated carbocycles. The molecule has 16 heavy (non-hydrogen) atoms. The van der Waals surface area contributed by atoms with Crippen LogP contribution in [0.3, 0.4) is 0 Å². The van der Waals surface area contributed by atoms with E-state index in [4.69, 9.17) is 4.84 Å². The highest BCUT2D eigenvalue weighted by molar-refractivity contribution is 9.10. The summed E-state index contributed by atoms with van der Waals surface area (Å²) in [6.07, 6.45) is 0. The molecule has 1 aromatic carbocycles. The van der Waals surface area contributed by atoms with Crippen molar-refractivity contribution in [3.63, 3.8) is 0 Å². The highest BCUT2D eigenvalue weighted by Gasteiger charge is 2.08. The summed E-state index contributed by atoms with van der Waals surface area (Å²) in [5, 5.41) is 0. The topological polar surface area (TPSA) is 38.3 Å². The zero-order valence-electron chi connectivity index (χ0n) is 9.09. The van der Waals surface area contributed by atoms with Gasteiger partial charge in [-0.3, -0.25) is 9.63 Å². The number of benzene rings is 1. The first-order valence-electron chi connectivity index (χ1n) is 4.87. The maximum Gasteiger partial charge on any atom is 0.274 e. The molecule has 0 atom stereocenters. The van der Waals surface area contributed by atoms with E-state index in [2.05, 4.69) is 21.4 Å². The molecule has 1 aromatic rings. The van der Waals surface area contributed by atoms with Crippen molar-refractivity contribution >= 4 is 21.8 Å². The lowest BCUT2D eigenvalue weighted by atomic mass is 10.2. The van der Waals surface area contributed by atoms with Gasteiger partial charge in [0.2, 0.25) is 0 Å². The van der Waals surface area contributed by atoms with E-state index in [1.807, 2.05) is 13.8 Å². The van der Waals surface area contributed by atoms with Crippen molar-refractivity contribution < 1.29 is 14.0 Å². The second-order valence-electron chi connectivity index (χ2n) is 3.79. The van der Waals surface area contributed by atoms with Gasteiger partial charge in [0.25, 0.3) is 5.91 Å². The molecule has 5 heteroatoms. The first-order valence-corrected chi connectivity index (χ1v) is 5.66. The summed E-state index contributed by atoms with van der Waals surface area (Å²) < 4.78 is 13.5. The van der Waals surface area contributed by atoms with Gasteiger partial charge in [-0.05, 0) is 24.1 Å². The summed E-state index contributed by atoms with van der Waals surface area (Å²) in [4.78, 5) is 16.5. The molecule has 1 N–H and O–H groups in total. The third-order valence-corrected chi connectivity index (χ3v) is 2.16. The van der Waals surface area contributed by atoms with E-state index in [0.29, 0.717) is 17.0 Å². The quantitative estimate of drug-likeness (QED) is 0.866. The summed E-state index contributed by atoms with van der Waals surface area (Å²) in [6, 6.07) is 3.96. The molecule has 0 bridgehead atoms. The Bertz CT molecular complexity index is 362. The standard InChI is InChI=1S/C11H13BrFNO2/c1-7(2)6-16-14-11(15)8-3-9(12)5-10(13)4-8/h3-5,7H,6H2,1-2H3,(H,14,15). The number of hydrogen-bond acceptors (Lipinski definition) is 2. The first-order chi connectivity index (χ1) is 7.49. The Morgan fingerprint density at radius 1 is 1.50 bits per heavy atom. The van der Waals surface area contributed by atoms with Gasteiger partial charge >= 0.3 is 0 Å². The van der Waals surface area contributed by atoms with Gasteiger partial charge in [-0.2, -0.15) is 0 Å². The van der Waals surface area contributed by atoms with E-state index in [-0.39, 0.29) is 5.56 Å². The van der Waals surface area contributed by atoms with Gasteiger partial charge in [0.05, 0.1) is 6.61 Å². The smallest absolute Gasteiger partial charge is 0.273 e. The van der Waals surface area contributed by atoms with Gasteiger partial charge in [-0.1, -0.05) is 29.8 Å². The zero-order chi connectivity index (χ0) is 12.1. The average molecular weight is 290 g/mol. The van der Waals surface area contributed by atoms with Crippen molar-refractivity contribution in [2.24, 2.45) is 5.92 Å². The van der Waals surface area contributed by atoms with Crippen molar-refractivity contribution in [3.8, 4) is 0 Å². The second kappa shape index (κ2) is 5.96. The van der Waals surface area contributed by atoms with Crippen LogP contribution in [0, 0.1) is 11.7 Å². The zero-order valence-corrected chi connectivity index (χ0v) is 10.7. The molecule has 1 amide bonds. The Labute approximate surface area is 102 Å². The van der Waals surface area contributed by atoms with Gasteiger partial charge in [-0.15, -0.1) is 0 Å². The molecule has 88 valence electrons. The van der Waals surface area contributed by atoms with E-state index in [1.54, 1.807) is 0 Å². The lowest BCUT2D eigenvalue weighted by molar-refractivity contribution is 0.0208. The molecular weight excluding hydrogens is 277 g/mol. The van der Waals surface area contributed by atoms with Crippen LogP contribution >= 0.6 is 15.9 Å². The predicted octanol–water partition coefficient (Wildman–Crippen LogP) is 2.91. The van der Waals surface area contributed by atoms with Crippen molar-refractivity contribution in [2.45, 2.75) is 13.8 Å². The maximum atomic E-state index is 13.0. The SMILES string of the molecule is CC(C)CONC(=O)c1cc(F)cc(Br)c1. The van der Waals surface area contributed by atoms with Gasteiger partial charge in [-0.25, -0.2) is 9.87 Å². The molecule has 0 radical (unpaired) electrons. The average Bonchev–Trinajstić information content (AvgIpc) is 2.15. The largest absolute Gasteiger partial charge is 0.274 e. The number of halogens is 2. The molecule has 0 heterocycles. The Balaban J connectivity index is 2.59. The molecular formula is C11H13BrFNO2. The minimum atomic E-state index is -0.469. The van der Waals surface area contributed by atoms with E-state index < -0.39 is 11.7 Å². The van der Waals surface area contributed by atoms with E-state index >= 15 is 0 Å². The minimum Gasteiger partial charge on any atom is -0.273 e. The Kier molecular flexibility index (Phi) is 4.89. The van der Waals surface area contributed by atoms with Gasteiger partial charge < -0.3 is 0 Å². The Morgan fingerprint density at radius 2 is 2.19 bits per heavy atom. The van der Waals surface area contributed by atoms with Gasteiger partial charge in [0.1, 0.15) is 5.82 Å². The summed E-state index contributed by atoms with van der Waals surface area (Å²) >= 11 is 3.11. The molecule has 0 aliphatic carbocycles. The van der Waals surface area contributed by atoms with Crippen LogP contribution in [0.15, 0.2) is 22.7 Å². The molecule has 0 fully saturated rings. The van der Waals surface area contributed by atoms with Crippen LogP contribution in [-0.4, -0.2) is 12.5 Å². The summed E-state index contributed by atoms with van der Waals surface area (Å²) in [7, 11) is 0. The number of hydrogen-bond donors (Lipinski definition) is 1. The fourth-order valence-electron chi connectivity index (χ4n) is 1.02. The van der Waals surface area contributed by atoms with Crippen LogP contribution < -0.4 is 5.48 Å². The molecule has 0 saturated heterocycles. The predicted molar refractivity (Wildman–Crippen MR) is 62.4 cm³/mol. The molecule has 0 aliphatic heterocycles. The number of hydroxylamine groups is 1. The molecule has 0 aromatic heterocycles. The van der Waals surface area contributed by atoms with Crippen molar-refractivity contribution in [1.82, 2.24) is 5.48 Å². The minimum absolute atomic E-state index is 0.218. The monoisotopic (exact) mass is 289 g/mol. The fourth-order valence-corrected chi connectivity index (χ4v) is 1.48. The molecule has 0 unspecified atom stereocenters. The highest BCUT2D eigenvalue weighted by atomic mass is 79.9. The fraction of sp³-hybridized carbons (Fsp3) is 0.364. The summed E-state index contributed by atoms with van der Waals surface area (Å²) in [5.41, 5.74) is 2.48.